The molecule has 0 saturated carbocycles. The monoisotopic (exact) mass is 489 g/mol. The van der Waals surface area contributed by atoms with Crippen molar-refractivity contribution in [2.75, 3.05) is 4.90 Å². The number of aliphatic hydroxyl groups excluding tert-OH is 1. The SMILES string of the molecule is Cc1ccc(C)c(/C(O)=C2\C(=O)C(=O)N(c3nc4cc(Cl)c(C)cc4s3)C2c2cccnc2)c1. The number of benzene rings is 2. The Balaban J connectivity index is 1.75. The van der Waals surface area contributed by atoms with E-state index in [4.69, 9.17) is 11.6 Å². The number of ketones is 1. The van der Waals surface area contributed by atoms with Crippen molar-refractivity contribution >= 4 is 55.7 Å². The Bertz CT molecular complexity index is 1470. The smallest absolute Gasteiger partial charge is 0.301 e. The highest BCUT2D eigenvalue weighted by Gasteiger charge is 2.48. The number of rotatable bonds is 3. The summed E-state index contributed by atoms with van der Waals surface area (Å²) in [7, 11) is 0. The van der Waals surface area contributed by atoms with Gasteiger partial charge >= 0.3 is 5.91 Å². The molecule has 2 aromatic heterocycles. The van der Waals surface area contributed by atoms with Crippen LogP contribution >= 0.6 is 22.9 Å². The standard InChI is InChI=1S/C26H20ClN3O3S/c1-13-6-7-14(2)17(9-13)23(31)21-22(16-5-4-8-28-12-16)30(25(33)24(21)32)26-29-19-11-18(27)15(3)10-20(19)34-26/h4-12,22,31H,1-3H3/b23-21+. The largest absolute Gasteiger partial charge is 0.507 e. The zero-order chi connectivity index (χ0) is 24.1. The molecular formula is C26H20ClN3O3S. The highest BCUT2D eigenvalue weighted by atomic mass is 35.5. The molecule has 1 saturated heterocycles. The predicted octanol–water partition coefficient (Wildman–Crippen LogP) is 5.90. The van der Waals surface area contributed by atoms with Crippen LogP contribution in [0.3, 0.4) is 0 Å². The van der Waals surface area contributed by atoms with Gasteiger partial charge in [-0.15, -0.1) is 0 Å². The Labute approximate surface area is 205 Å². The molecule has 4 aromatic rings. The lowest BCUT2D eigenvalue weighted by molar-refractivity contribution is -0.132. The molecule has 1 aliphatic heterocycles. The van der Waals surface area contributed by atoms with E-state index in [-0.39, 0.29) is 11.3 Å². The summed E-state index contributed by atoms with van der Waals surface area (Å²) < 4.78 is 0.846. The molecule has 1 N–H and O–H groups in total. The highest BCUT2D eigenvalue weighted by molar-refractivity contribution is 7.22. The molecule has 1 fully saturated rings. The van der Waals surface area contributed by atoms with E-state index in [9.17, 15) is 14.7 Å². The van der Waals surface area contributed by atoms with Gasteiger partial charge in [-0.05, 0) is 61.7 Å². The zero-order valence-corrected chi connectivity index (χ0v) is 20.2. The van der Waals surface area contributed by atoms with Gasteiger partial charge in [-0.3, -0.25) is 19.5 Å². The molecule has 1 unspecified atom stereocenters. The second kappa shape index (κ2) is 8.34. The maximum absolute atomic E-state index is 13.3. The maximum Gasteiger partial charge on any atom is 0.301 e. The van der Waals surface area contributed by atoms with Crippen LogP contribution in [0.15, 0.2) is 60.4 Å². The number of anilines is 1. The molecule has 8 heteroatoms. The van der Waals surface area contributed by atoms with Gasteiger partial charge in [0.05, 0.1) is 21.8 Å². The third-order valence-corrected chi connectivity index (χ3v) is 7.38. The maximum atomic E-state index is 13.3. The van der Waals surface area contributed by atoms with Crippen molar-refractivity contribution in [3.05, 3.63) is 93.3 Å². The first-order valence-electron chi connectivity index (χ1n) is 10.6. The van der Waals surface area contributed by atoms with Crippen molar-refractivity contribution in [1.29, 1.82) is 0 Å². The van der Waals surface area contributed by atoms with Crippen molar-refractivity contribution in [2.45, 2.75) is 26.8 Å². The number of Topliss-reactive ketones (excluding diaryl/α,β-unsaturated/α-hetero) is 1. The van der Waals surface area contributed by atoms with Crippen LogP contribution in [0.2, 0.25) is 5.02 Å². The molecule has 0 radical (unpaired) electrons. The Kier molecular flexibility index (Phi) is 5.46. The quantitative estimate of drug-likeness (QED) is 0.220. The zero-order valence-electron chi connectivity index (χ0n) is 18.7. The number of aryl methyl sites for hydroxylation is 3. The number of pyridine rings is 1. The van der Waals surface area contributed by atoms with Crippen LogP contribution in [0.4, 0.5) is 5.13 Å². The van der Waals surface area contributed by atoms with E-state index in [1.54, 1.807) is 36.7 Å². The minimum atomic E-state index is -0.870. The van der Waals surface area contributed by atoms with Gasteiger partial charge in [-0.2, -0.15) is 0 Å². The summed E-state index contributed by atoms with van der Waals surface area (Å²) in [6.07, 6.45) is 3.21. The summed E-state index contributed by atoms with van der Waals surface area (Å²) in [6.45, 7) is 5.65. The van der Waals surface area contributed by atoms with Gasteiger partial charge in [-0.1, -0.05) is 46.7 Å². The number of carbonyl (C=O) groups excluding carboxylic acids is 2. The van der Waals surface area contributed by atoms with E-state index in [0.29, 0.717) is 26.8 Å². The van der Waals surface area contributed by atoms with Gasteiger partial charge in [0.2, 0.25) is 0 Å². The van der Waals surface area contributed by atoms with Crippen molar-refractivity contribution in [3.8, 4) is 0 Å². The summed E-state index contributed by atoms with van der Waals surface area (Å²) in [4.78, 5) is 36.8. The number of nitrogens with zero attached hydrogens (tertiary/aromatic N) is 3. The lowest BCUT2D eigenvalue weighted by Crippen LogP contribution is -2.29. The molecule has 34 heavy (non-hydrogen) atoms. The number of carbonyl (C=O) groups is 2. The molecular weight excluding hydrogens is 470 g/mol. The minimum absolute atomic E-state index is 0.0140. The van der Waals surface area contributed by atoms with E-state index in [0.717, 1.165) is 21.4 Å². The molecule has 0 aliphatic carbocycles. The van der Waals surface area contributed by atoms with Gasteiger partial charge in [0.15, 0.2) is 5.13 Å². The summed E-state index contributed by atoms with van der Waals surface area (Å²) in [5, 5.41) is 12.3. The van der Waals surface area contributed by atoms with Crippen molar-refractivity contribution in [3.63, 3.8) is 0 Å². The van der Waals surface area contributed by atoms with E-state index >= 15 is 0 Å². The second-order valence-corrected chi connectivity index (χ2v) is 9.76. The van der Waals surface area contributed by atoms with Crippen molar-refractivity contribution < 1.29 is 14.7 Å². The fourth-order valence-corrected chi connectivity index (χ4v) is 5.39. The van der Waals surface area contributed by atoms with Gasteiger partial charge in [0, 0.05) is 23.0 Å². The number of thiazole rings is 1. The fraction of sp³-hybridized carbons (Fsp3) is 0.154. The Morgan fingerprint density at radius 3 is 2.62 bits per heavy atom. The average Bonchev–Trinajstić information content (AvgIpc) is 3.33. The summed E-state index contributed by atoms with van der Waals surface area (Å²) >= 11 is 7.57. The molecule has 1 atom stereocenters. The highest BCUT2D eigenvalue weighted by Crippen LogP contribution is 2.44. The molecule has 6 nitrogen and oxygen atoms in total. The first-order valence-corrected chi connectivity index (χ1v) is 11.8. The van der Waals surface area contributed by atoms with Crippen molar-refractivity contribution in [1.82, 2.24) is 9.97 Å². The molecule has 0 spiro atoms. The lowest BCUT2D eigenvalue weighted by Gasteiger charge is -2.22. The predicted molar refractivity (Wildman–Crippen MR) is 134 cm³/mol. The normalized spacial score (nSPS) is 17.6. The molecule has 1 aliphatic rings. The summed E-state index contributed by atoms with van der Waals surface area (Å²) in [5.41, 5.74) is 4.38. The molecule has 170 valence electrons. The fourth-order valence-electron chi connectivity index (χ4n) is 4.16. The number of amides is 1. The first kappa shape index (κ1) is 22.3. The van der Waals surface area contributed by atoms with Crippen LogP contribution in [0, 0.1) is 20.8 Å². The van der Waals surface area contributed by atoms with Crippen LogP contribution in [0.1, 0.15) is 33.9 Å². The van der Waals surface area contributed by atoms with E-state index in [1.165, 1.54) is 16.2 Å². The van der Waals surface area contributed by atoms with E-state index in [1.807, 2.05) is 39.0 Å². The molecule has 0 bridgehead atoms. The third kappa shape index (κ3) is 3.57. The van der Waals surface area contributed by atoms with Crippen LogP contribution < -0.4 is 4.90 Å². The van der Waals surface area contributed by atoms with Gasteiger partial charge in [-0.25, -0.2) is 4.98 Å². The molecule has 3 heterocycles. The van der Waals surface area contributed by atoms with Crippen LogP contribution in [-0.2, 0) is 9.59 Å². The Hall–Kier alpha value is -3.55. The number of hydrogen-bond donors (Lipinski definition) is 1. The number of halogens is 1. The molecule has 5 rings (SSSR count). The first-order chi connectivity index (χ1) is 16.3. The van der Waals surface area contributed by atoms with Crippen LogP contribution in [0.5, 0.6) is 0 Å². The molecule has 2 aromatic carbocycles. The third-order valence-electron chi connectivity index (χ3n) is 5.96. The van der Waals surface area contributed by atoms with Crippen molar-refractivity contribution in [2.24, 2.45) is 0 Å². The number of hydrogen-bond acceptors (Lipinski definition) is 6. The van der Waals surface area contributed by atoms with Crippen LogP contribution in [-0.4, -0.2) is 26.8 Å². The number of fused-ring (bicyclic) bond motifs is 1. The number of aliphatic hydroxyl groups is 1. The van der Waals surface area contributed by atoms with Crippen LogP contribution in [0.25, 0.3) is 16.0 Å². The van der Waals surface area contributed by atoms with Gasteiger partial charge < -0.3 is 5.11 Å². The lowest BCUT2D eigenvalue weighted by atomic mass is 9.94. The number of aromatic nitrogens is 2. The Morgan fingerprint density at radius 1 is 1.09 bits per heavy atom. The minimum Gasteiger partial charge on any atom is -0.507 e. The summed E-state index contributed by atoms with van der Waals surface area (Å²) in [5.74, 6) is -1.72. The topological polar surface area (TPSA) is 83.4 Å². The second-order valence-electron chi connectivity index (χ2n) is 8.34. The average molecular weight is 490 g/mol. The summed E-state index contributed by atoms with van der Waals surface area (Å²) in [6, 6.07) is 11.9. The van der Waals surface area contributed by atoms with Gasteiger partial charge in [0.25, 0.3) is 5.78 Å². The Morgan fingerprint density at radius 2 is 1.88 bits per heavy atom. The molecule has 1 amide bonds. The van der Waals surface area contributed by atoms with E-state index in [2.05, 4.69) is 9.97 Å². The van der Waals surface area contributed by atoms with E-state index < -0.39 is 17.7 Å². The van der Waals surface area contributed by atoms with Gasteiger partial charge in [0.1, 0.15) is 5.76 Å².